The van der Waals surface area contributed by atoms with Crippen LogP contribution in [0.1, 0.15) is 49.5 Å². The number of amides is 1. The second-order valence-electron chi connectivity index (χ2n) is 6.55. The van der Waals surface area contributed by atoms with E-state index in [2.05, 4.69) is 12.2 Å². The summed E-state index contributed by atoms with van der Waals surface area (Å²) in [6, 6.07) is 14.2. The lowest BCUT2D eigenvalue weighted by Gasteiger charge is -2.13. The first-order valence-corrected chi connectivity index (χ1v) is 9.78. The van der Waals surface area contributed by atoms with E-state index in [9.17, 15) is 14.4 Å². The molecule has 6 heteroatoms. The molecule has 0 aliphatic rings. The molecule has 0 fully saturated rings. The maximum absolute atomic E-state index is 12.2. The van der Waals surface area contributed by atoms with Crippen molar-refractivity contribution in [2.45, 2.75) is 46.1 Å². The molecule has 0 saturated carbocycles. The number of hydrogen-bond donors (Lipinski definition) is 1. The van der Waals surface area contributed by atoms with E-state index in [1.54, 1.807) is 36.4 Å². The molecular formula is C23H27NO5. The van der Waals surface area contributed by atoms with E-state index >= 15 is 0 Å². The maximum atomic E-state index is 12.2. The highest BCUT2D eigenvalue weighted by Gasteiger charge is 2.19. The lowest BCUT2D eigenvalue weighted by atomic mass is 10.1. The van der Waals surface area contributed by atoms with Gasteiger partial charge in [-0.05, 0) is 62.2 Å². The van der Waals surface area contributed by atoms with Crippen molar-refractivity contribution in [1.29, 1.82) is 0 Å². The highest BCUT2D eigenvalue weighted by Crippen LogP contribution is 2.15. The minimum Gasteiger partial charge on any atom is -0.494 e. The summed E-state index contributed by atoms with van der Waals surface area (Å²) in [5.74, 6) is -0.487. The molecule has 0 bridgehead atoms. The molecule has 0 heterocycles. The molecule has 0 aliphatic heterocycles. The van der Waals surface area contributed by atoms with E-state index in [0.29, 0.717) is 23.6 Å². The van der Waals surface area contributed by atoms with Crippen molar-refractivity contribution in [2.75, 3.05) is 11.9 Å². The normalized spacial score (nSPS) is 11.4. The van der Waals surface area contributed by atoms with Crippen molar-refractivity contribution in [3.05, 3.63) is 59.7 Å². The summed E-state index contributed by atoms with van der Waals surface area (Å²) < 4.78 is 10.5. The lowest BCUT2D eigenvalue weighted by Crippen LogP contribution is -2.30. The van der Waals surface area contributed by atoms with Crippen molar-refractivity contribution in [2.24, 2.45) is 0 Å². The van der Waals surface area contributed by atoms with Crippen molar-refractivity contribution in [3.63, 3.8) is 0 Å². The van der Waals surface area contributed by atoms with E-state index in [4.69, 9.17) is 9.47 Å². The fourth-order valence-electron chi connectivity index (χ4n) is 2.64. The third-order valence-corrected chi connectivity index (χ3v) is 4.35. The number of hydrogen-bond acceptors (Lipinski definition) is 5. The Morgan fingerprint density at radius 1 is 0.931 bits per heavy atom. The van der Waals surface area contributed by atoms with E-state index in [1.807, 2.05) is 19.1 Å². The third-order valence-electron chi connectivity index (χ3n) is 4.35. The molecular weight excluding hydrogens is 370 g/mol. The predicted octanol–water partition coefficient (Wildman–Crippen LogP) is 4.18. The average molecular weight is 397 g/mol. The molecule has 0 saturated heterocycles. The van der Waals surface area contributed by atoms with Gasteiger partial charge in [0.15, 0.2) is 11.9 Å². The number of nitrogens with one attached hydrogen (secondary N) is 1. The molecule has 0 radical (unpaired) electrons. The summed E-state index contributed by atoms with van der Waals surface area (Å²) in [4.78, 5) is 36.4. The monoisotopic (exact) mass is 397 g/mol. The van der Waals surface area contributed by atoms with E-state index in [-0.39, 0.29) is 18.6 Å². The van der Waals surface area contributed by atoms with Gasteiger partial charge in [-0.25, -0.2) is 0 Å². The van der Waals surface area contributed by atoms with Crippen LogP contribution in [-0.2, 0) is 20.7 Å². The number of aryl methyl sites for hydroxylation is 1. The van der Waals surface area contributed by atoms with Crippen LogP contribution in [0, 0.1) is 0 Å². The van der Waals surface area contributed by atoms with Crippen LogP contribution in [0.5, 0.6) is 5.75 Å². The molecule has 1 N–H and O–H groups in total. The first kappa shape index (κ1) is 22.1. The van der Waals surface area contributed by atoms with Gasteiger partial charge >= 0.3 is 5.97 Å². The van der Waals surface area contributed by atoms with Crippen molar-refractivity contribution >= 4 is 23.3 Å². The Labute approximate surface area is 171 Å². The molecule has 1 atom stereocenters. The number of rotatable bonds is 10. The number of ketones is 1. The van der Waals surface area contributed by atoms with Gasteiger partial charge in [0.25, 0.3) is 5.91 Å². The van der Waals surface area contributed by atoms with Gasteiger partial charge in [0.1, 0.15) is 5.75 Å². The Kier molecular flexibility index (Phi) is 8.40. The second kappa shape index (κ2) is 11.0. The molecule has 6 nitrogen and oxygen atoms in total. The van der Waals surface area contributed by atoms with Crippen LogP contribution in [0.2, 0.25) is 0 Å². The van der Waals surface area contributed by atoms with Crippen LogP contribution in [0.4, 0.5) is 5.69 Å². The first-order valence-electron chi connectivity index (χ1n) is 9.78. The van der Waals surface area contributed by atoms with Crippen LogP contribution in [-0.4, -0.2) is 30.4 Å². The molecule has 29 heavy (non-hydrogen) atoms. The highest BCUT2D eigenvalue weighted by atomic mass is 16.5. The van der Waals surface area contributed by atoms with Gasteiger partial charge in [-0.3, -0.25) is 14.4 Å². The Morgan fingerprint density at radius 3 is 2.17 bits per heavy atom. The van der Waals surface area contributed by atoms with Gasteiger partial charge in [-0.2, -0.15) is 0 Å². The number of ether oxygens (including phenoxy) is 2. The number of benzene rings is 2. The van der Waals surface area contributed by atoms with E-state index in [0.717, 1.165) is 6.42 Å². The van der Waals surface area contributed by atoms with Crippen molar-refractivity contribution < 1.29 is 23.9 Å². The molecule has 1 amide bonds. The molecule has 2 rings (SSSR count). The molecule has 0 aliphatic carbocycles. The van der Waals surface area contributed by atoms with Crippen molar-refractivity contribution in [3.8, 4) is 5.75 Å². The van der Waals surface area contributed by atoms with Gasteiger partial charge in [0.05, 0.1) is 13.0 Å². The summed E-state index contributed by atoms with van der Waals surface area (Å²) in [5.41, 5.74) is 2.31. The Balaban J connectivity index is 1.78. The minimum absolute atomic E-state index is 0.0135. The Bertz CT molecular complexity index is 827. The van der Waals surface area contributed by atoms with Crippen LogP contribution in [0.3, 0.4) is 0 Å². The average Bonchev–Trinajstić information content (AvgIpc) is 2.73. The third kappa shape index (κ3) is 7.07. The Hall–Kier alpha value is -3.15. The lowest BCUT2D eigenvalue weighted by molar-refractivity contribution is -0.153. The van der Waals surface area contributed by atoms with Gasteiger partial charge in [0, 0.05) is 17.7 Å². The predicted molar refractivity (Wildman–Crippen MR) is 111 cm³/mol. The Morgan fingerprint density at radius 2 is 1.59 bits per heavy atom. The topological polar surface area (TPSA) is 81.7 Å². The quantitative estimate of drug-likeness (QED) is 0.480. The van der Waals surface area contributed by atoms with Gasteiger partial charge in [-0.15, -0.1) is 0 Å². The maximum Gasteiger partial charge on any atom is 0.307 e. The number of Topliss-reactive ketones (excluding diaryl/α,β-unsaturated/α-hetero) is 1. The summed E-state index contributed by atoms with van der Waals surface area (Å²) in [6.07, 6.45) is -0.111. The number of carbonyl (C=O) groups is 3. The molecule has 0 unspecified atom stereocenters. The summed E-state index contributed by atoms with van der Waals surface area (Å²) >= 11 is 0. The highest BCUT2D eigenvalue weighted by molar-refractivity contribution is 5.98. The van der Waals surface area contributed by atoms with Gasteiger partial charge in [-0.1, -0.05) is 19.1 Å². The summed E-state index contributed by atoms with van der Waals surface area (Å²) in [7, 11) is 0. The second-order valence-corrected chi connectivity index (χ2v) is 6.55. The van der Waals surface area contributed by atoms with Gasteiger partial charge in [0.2, 0.25) is 0 Å². The minimum atomic E-state index is -0.950. The smallest absolute Gasteiger partial charge is 0.307 e. The standard InChI is InChI=1S/C23H27NO5/c1-4-17-6-10-19(11-7-17)24-23(27)16(3)29-22(26)15-14-21(25)18-8-12-20(13-9-18)28-5-2/h6-13,16H,4-5,14-15H2,1-3H3,(H,24,27)/t16-/m0/s1. The number of esters is 1. The fraction of sp³-hybridized carbons (Fsp3) is 0.348. The SMILES string of the molecule is CCOc1ccc(C(=O)CCC(=O)O[C@@H](C)C(=O)Nc2ccc(CC)cc2)cc1. The van der Waals surface area contributed by atoms with E-state index in [1.165, 1.54) is 12.5 Å². The molecule has 2 aromatic rings. The zero-order valence-corrected chi connectivity index (χ0v) is 17.1. The number of anilines is 1. The summed E-state index contributed by atoms with van der Waals surface area (Å²) in [5, 5.41) is 2.71. The summed E-state index contributed by atoms with van der Waals surface area (Å²) in [6.45, 7) is 5.99. The number of carbonyl (C=O) groups excluding carboxylic acids is 3. The largest absolute Gasteiger partial charge is 0.494 e. The molecule has 2 aromatic carbocycles. The fourth-order valence-corrected chi connectivity index (χ4v) is 2.64. The van der Waals surface area contributed by atoms with Crippen LogP contribution >= 0.6 is 0 Å². The first-order chi connectivity index (χ1) is 13.9. The van der Waals surface area contributed by atoms with Crippen molar-refractivity contribution in [1.82, 2.24) is 0 Å². The molecule has 154 valence electrons. The zero-order chi connectivity index (χ0) is 21.2. The van der Waals surface area contributed by atoms with Crippen LogP contribution in [0.25, 0.3) is 0 Å². The zero-order valence-electron chi connectivity index (χ0n) is 17.1. The van der Waals surface area contributed by atoms with Crippen LogP contribution in [0.15, 0.2) is 48.5 Å². The van der Waals surface area contributed by atoms with Gasteiger partial charge < -0.3 is 14.8 Å². The molecule has 0 spiro atoms. The molecule has 0 aromatic heterocycles. The van der Waals surface area contributed by atoms with Crippen LogP contribution < -0.4 is 10.1 Å². The van der Waals surface area contributed by atoms with E-state index < -0.39 is 18.0 Å².